The van der Waals surface area contributed by atoms with E-state index in [0.29, 0.717) is 13.0 Å². The van der Waals surface area contributed by atoms with E-state index in [-0.39, 0.29) is 6.54 Å². The van der Waals surface area contributed by atoms with E-state index < -0.39 is 12.0 Å². The van der Waals surface area contributed by atoms with Crippen LogP contribution < -0.4 is 11.1 Å². The third kappa shape index (κ3) is 2.69. The maximum Gasteiger partial charge on any atom is 0.250 e. The van der Waals surface area contributed by atoms with Gasteiger partial charge in [-0.2, -0.15) is 0 Å². The van der Waals surface area contributed by atoms with Gasteiger partial charge in [0.2, 0.25) is 5.91 Å². The molecule has 4 N–H and O–H groups in total. The number of aliphatic hydroxyl groups is 1. The summed E-state index contributed by atoms with van der Waals surface area (Å²) in [5.41, 5.74) is 7.06. The number of furan rings is 1. The van der Waals surface area contributed by atoms with E-state index in [1.165, 1.54) is 0 Å². The van der Waals surface area contributed by atoms with Gasteiger partial charge in [-0.25, -0.2) is 0 Å². The molecule has 0 radical (unpaired) electrons. The summed E-state index contributed by atoms with van der Waals surface area (Å²) in [5.74, 6) is -0.440. The summed E-state index contributed by atoms with van der Waals surface area (Å²) in [5, 5.41) is 12.9. The molecule has 0 aliphatic carbocycles. The Labute approximate surface area is 105 Å². The first-order chi connectivity index (χ1) is 8.72. The fraction of sp³-hybridized carbons (Fsp3) is 0.308. The Morgan fingerprint density at radius 2 is 2.22 bits per heavy atom. The Hall–Kier alpha value is -1.85. The number of nitrogens with one attached hydrogen (secondary N) is 1. The number of amides is 1. The highest BCUT2D eigenvalue weighted by Gasteiger charge is 2.12. The number of rotatable bonds is 5. The van der Waals surface area contributed by atoms with Crippen molar-refractivity contribution in [1.29, 1.82) is 0 Å². The summed E-state index contributed by atoms with van der Waals surface area (Å²) in [7, 11) is 0. The van der Waals surface area contributed by atoms with E-state index >= 15 is 0 Å². The molecule has 1 aromatic heterocycles. The molecule has 0 bridgehead atoms. The fourth-order valence-corrected chi connectivity index (χ4v) is 1.77. The molecule has 5 nitrogen and oxygen atoms in total. The average molecular weight is 248 g/mol. The minimum atomic E-state index is -1.13. The first-order valence-electron chi connectivity index (χ1n) is 5.83. The summed E-state index contributed by atoms with van der Waals surface area (Å²) in [6.45, 7) is 0.375. The van der Waals surface area contributed by atoms with Crippen LogP contribution in [-0.4, -0.2) is 30.2 Å². The van der Waals surface area contributed by atoms with Gasteiger partial charge in [-0.05, 0) is 18.1 Å². The maximum absolute atomic E-state index is 11.3. The van der Waals surface area contributed by atoms with Crippen molar-refractivity contribution in [2.24, 2.45) is 5.73 Å². The monoisotopic (exact) mass is 248 g/mol. The number of hydrogen-bond acceptors (Lipinski definition) is 4. The number of para-hydroxylation sites is 1. The number of fused-ring (bicyclic) bond motifs is 1. The third-order valence-corrected chi connectivity index (χ3v) is 2.78. The largest absolute Gasteiger partial charge is 0.464 e. The van der Waals surface area contributed by atoms with Crippen LogP contribution in [0.15, 0.2) is 34.9 Å². The molecule has 1 heterocycles. The topological polar surface area (TPSA) is 88.5 Å². The van der Waals surface area contributed by atoms with Crippen LogP contribution in [0.1, 0.15) is 5.56 Å². The summed E-state index contributed by atoms with van der Waals surface area (Å²) < 4.78 is 5.39. The Kier molecular flexibility index (Phi) is 3.96. The lowest BCUT2D eigenvalue weighted by Gasteiger charge is -2.08. The Morgan fingerprint density at radius 1 is 1.44 bits per heavy atom. The van der Waals surface area contributed by atoms with Gasteiger partial charge in [0, 0.05) is 18.5 Å². The van der Waals surface area contributed by atoms with Gasteiger partial charge in [-0.1, -0.05) is 18.2 Å². The molecule has 0 saturated heterocycles. The molecule has 0 fully saturated rings. The molecule has 18 heavy (non-hydrogen) atoms. The number of benzene rings is 1. The van der Waals surface area contributed by atoms with Crippen LogP contribution in [0.4, 0.5) is 0 Å². The Balaban J connectivity index is 1.93. The Bertz CT molecular complexity index is 536. The molecular weight excluding hydrogens is 232 g/mol. The zero-order valence-corrected chi connectivity index (χ0v) is 9.93. The number of nitrogens with two attached hydrogens (primary N) is 1. The predicted octanol–water partition coefficient (Wildman–Crippen LogP) is 0.411. The van der Waals surface area contributed by atoms with Gasteiger partial charge in [0.15, 0.2) is 0 Å². The highest BCUT2D eigenvalue weighted by molar-refractivity contribution is 5.82. The van der Waals surface area contributed by atoms with Gasteiger partial charge in [0.1, 0.15) is 11.7 Å². The van der Waals surface area contributed by atoms with E-state index in [1.807, 2.05) is 24.3 Å². The maximum atomic E-state index is 11.3. The van der Waals surface area contributed by atoms with E-state index in [4.69, 9.17) is 10.2 Å². The van der Waals surface area contributed by atoms with Crippen LogP contribution in [-0.2, 0) is 11.2 Å². The second kappa shape index (κ2) is 5.66. The SMILES string of the molecule is NCC(O)C(=O)NCCc1coc2ccccc12. The molecule has 1 atom stereocenters. The first kappa shape index (κ1) is 12.6. The predicted molar refractivity (Wildman–Crippen MR) is 68.0 cm³/mol. The highest BCUT2D eigenvalue weighted by atomic mass is 16.3. The second-order valence-corrected chi connectivity index (χ2v) is 4.05. The molecule has 2 rings (SSSR count). The molecule has 0 saturated carbocycles. The molecule has 1 aromatic carbocycles. The normalized spacial score (nSPS) is 12.6. The van der Waals surface area contributed by atoms with Crippen LogP contribution >= 0.6 is 0 Å². The smallest absolute Gasteiger partial charge is 0.250 e. The molecule has 0 aliphatic heterocycles. The summed E-state index contributed by atoms with van der Waals surface area (Å²) >= 11 is 0. The fourth-order valence-electron chi connectivity index (χ4n) is 1.77. The van der Waals surface area contributed by atoms with Gasteiger partial charge in [-0.3, -0.25) is 4.79 Å². The van der Waals surface area contributed by atoms with Gasteiger partial charge < -0.3 is 20.6 Å². The van der Waals surface area contributed by atoms with Crippen molar-refractivity contribution in [2.45, 2.75) is 12.5 Å². The van der Waals surface area contributed by atoms with Crippen molar-refractivity contribution in [3.63, 3.8) is 0 Å². The van der Waals surface area contributed by atoms with Gasteiger partial charge >= 0.3 is 0 Å². The zero-order chi connectivity index (χ0) is 13.0. The molecule has 2 aromatic rings. The number of carbonyl (C=O) groups excluding carboxylic acids is 1. The van der Waals surface area contributed by atoms with Crippen molar-refractivity contribution in [2.75, 3.05) is 13.1 Å². The van der Waals surface area contributed by atoms with Gasteiger partial charge in [0.25, 0.3) is 0 Å². The standard InChI is InChI=1S/C13H16N2O3/c14-7-11(16)13(17)15-6-5-9-8-18-12-4-2-1-3-10(9)12/h1-4,8,11,16H,5-7,14H2,(H,15,17). The summed E-state index contributed by atoms with van der Waals surface area (Å²) in [6, 6.07) is 7.73. The number of aliphatic hydroxyl groups excluding tert-OH is 1. The zero-order valence-electron chi connectivity index (χ0n) is 9.93. The van der Waals surface area contributed by atoms with E-state index in [0.717, 1.165) is 16.5 Å². The molecule has 1 amide bonds. The van der Waals surface area contributed by atoms with Crippen molar-refractivity contribution < 1.29 is 14.3 Å². The lowest BCUT2D eigenvalue weighted by atomic mass is 10.1. The van der Waals surface area contributed by atoms with Crippen LogP contribution in [0.3, 0.4) is 0 Å². The summed E-state index contributed by atoms with van der Waals surface area (Å²) in [6.07, 6.45) is 1.21. The van der Waals surface area contributed by atoms with Crippen molar-refractivity contribution in [1.82, 2.24) is 5.32 Å². The van der Waals surface area contributed by atoms with Crippen LogP contribution in [0, 0.1) is 0 Å². The molecular formula is C13H16N2O3. The van der Waals surface area contributed by atoms with Gasteiger partial charge in [0.05, 0.1) is 6.26 Å². The molecule has 96 valence electrons. The molecule has 0 spiro atoms. The van der Waals surface area contributed by atoms with Crippen molar-refractivity contribution in [3.8, 4) is 0 Å². The molecule has 5 heteroatoms. The number of carbonyl (C=O) groups is 1. The van der Waals surface area contributed by atoms with Crippen LogP contribution in [0.2, 0.25) is 0 Å². The second-order valence-electron chi connectivity index (χ2n) is 4.05. The van der Waals surface area contributed by atoms with Crippen molar-refractivity contribution >= 4 is 16.9 Å². The van der Waals surface area contributed by atoms with Gasteiger partial charge in [-0.15, -0.1) is 0 Å². The van der Waals surface area contributed by atoms with Crippen LogP contribution in [0.25, 0.3) is 11.0 Å². The Morgan fingerprint density at radius 3 is 3.00 bits per heavy atom. The third-order valence-electron chi connectivity index (χ3n) is 2.78. The lowest BCUT2D eigenvalue weighted by molar-refractivity contribution is -0.128. The average Bonchev–Trinajstić information content (AvgIpc) is 2.81. The molecule has 1 unspecified atom stereocenters. The summed E-state index contributed by atoms with van der Waals surface area (Å²) in [4.78, 5) is 11.3. The minimum absolute atomic E-state index is 0.0690. The number of hydrogen-bond donors (Lipinski definition) is 3. The minimum Gasteiger partial charge on any atom is -0.464 e. The lowest BCUT2D eigenvalue weighted by Crippen LogP contribution is -2.39. The highest BCUT2D eigenvalue weighted by Crippen LogP contribution is 2.20. The van der Waals surface area contributed by atoms with Crippen molar-refractivity contribution in [3.05, 3.63) is 36.1 Å². The van der Waals surface area contributed by atoms with E-state index in [9.17, 15) is 9.90 Å². The van der Waals surface area contributed by atoms with E-state index in [2.05, 4.69) is 5.32 Å². The first-order valence-corrected chi connectivity index (χ1v) is 5.83. The quantitative estimate of drug-likeness (QED) is 0.715. The van der Waals surface area contributed by atoms with E-state index in [1.54, 1.807) is 6.26 Å². The van der Waals surface area contributed by atoms with Crippen LogP contribution in [0.5, 0.6) is 0 Å². The molecule has 0 aliphatic rings.